The lowest BCUT2D eigenvalue weighted by Crippen LogP contribution is -2.36. The van der Waals surface area contributed by atoms with Crippen LogP contribution in [0.2, 0.25) is 0 Å². The molecular weight excluding hydrogens is 390 g/mol. The summed E-state index contributed by atoms with van der Waals surface area (Å²) in [7, 11) is 3.25. The molecule has 2 aliphatic carbocycles. The molecule has 1 fully saturated rings. The number of halogens is 1. The van der Waals surface area contributed by atoms with Gasteiger partial charge in [0.05, 0.1) is 32.0 Å². The minimum absolute atomic E-state index is 0. The van der Waals surface area contributed by atoms with Crippen molar-refractivity contribution in [3.05, 3.63) is 35.5 Å². The lowest BCUT2D eigenvalue weighted by molar-refractivity contribution is -0.00218. The Morgan fingerprint density at radius 2 is 1.76 bits per heavy atom. The molecule has 3 unspecified atom stereocenters. The molecule has 0 spiro atoms. The van der Waals surface area contributed by atoms with Gasteiger partial charge in [0, 0.05) is 16.4 Å². The number of ether oxygens (including phenoxy) is 2. The number of hydrogen-bond donors (Lipinski definition) is 2. The Bertz CT molecular complexity index is 1120. The third-order valence-electron chi connectivity index (χ3n) is 7.14. The molecule has 0 amide bonds. The molecule has 5 nitrogen and oxygen atoms in total. The fourth-order valence-electron chi connectivity index (χ4n) is 5.56. The Balaban J connectivity index is 0.00000205. The molecule has 2 N–H and O–H groups in total. The van der Waals surface area contributed by atoms with E-state index in [9.17, 15) is 10.2 Å². The van der Waals surface area contributed by atoms with Crippen LogP contribution in [0.1, 0.15) is 43.4 Å². The topological polar surface area (TPSA) is 71.8 Å². The molecule has 154 valence electrons. The first-order valence-electron chi connectivity index (χ1n) is 9.85. The summed E-state index contributed by atoms with van der Waals surface area (Å²) in [4.78, 5) is 4.56. The van der Waals surface area contributed by atoms with Gasteiger partial charge in [0.25, 0.3) is 0 Å². The van der Waals surface area contributed by atoms with Crippen molar-refractivity contribution < 1.29 is 19.7 Å². The number of nitrogens with zero attached hydrogens (tertiary/aromatic N) is 1. The summed E-state index contributed by atoms with van der Waals surface area (Å²) >= 11 is 0. The van der Waals surface area contributed by atoms with Gasteiger partial charge < -0.3 is 19.7 Å². The van der Waals surface area contributed by atoms with Gasteiger partial charge in [0.1, 0.15) is 5.75 Å². The maximum atomic E-state index is 11.5. The molecular formula is C23H26ClNO4. The molecule has 6 heteroatoms. The smallest absolute Gasteiger partial charge is 0.161 e. The molecule has 0 bridgehead atoms. The number of rotatable bonds is 2. The van der Waals surface area contributed by atoms with Crippen LogP contribution in [0.15, 0.2) is 24.4 Å². The SMILES string of the molecule is COc1cc2c3c(c4ncc(O)cc4c2cc1OC)C(O)C1(C)CCCC1C3.Cl. The number of fused-ring (bicyclic) bond motifs is 7. The standard InChI is InChI=1S/C23H25NO4.ClH/c1-23-6-4-5-12(23)7-16-14-9-18(27-2)19(28-3)10-15(14)17-8-13(25)11-24-21(17)20(16)22(23)26;/h8-12,22,25-26H,4-7H2,1-3H3;1H. The van der Waals surface area contributed by atoms with Crippen LogP contribution >= 0.6 is 12.4 Å². The minimum atomic E-state index is -0.569. The molecule has 1 heterocycles. The van der Waals surface area contributed by atoms with E-state index in [0.717, 1.165) is 58.5 Å². The van der Waals surface area contributed by atoms with Crippen molar-refractivity contribution in [2.75, 3.05) is 14.2 Å². The number of methoxy groups -OCH3 is 2. The van der Waals surface area contributed by atoms with Crippen molar-refractivity contribution >= 4 is 34.1 Å². The second-order valence-corrected chi connectivity index (χ2v) is 8.44. The maximum absolute atomic E-state index is 11.5. The molecule has 1 saturated carbocycles. The number of pyridine rings is 1. The van der Waals surface area contributed by atoms with E-state index in [-0.39, 0.29) is 23.6 Å². The first-order valence-corrected chi connectivity index (χ1v) is 9.85. The lowest BCUT2D eigenvalue weighted by Gasteiger charge is -2.42. The molecule has 0 aliphatic heterocycles. The van der Waals surface area contributed by atoms with Gasteiger partial charge in [0.15, 0.2) is 11.5 Å². The third-order valence-corrected chi connectivity index (χ3v) is 7.14. The normalized spacial score (nSPS) is 25.4. The molecule has 29 heavy (non-hydrogen) atoms. The van der Waals surface area contributed by atoms with E-state index >= 15 is 0 Å². The monoisotopic (exact) mass is 415 g/mol. The van der Waals surface area contributed by atoms with Crippen LogP contribution in [0.4, 0.5) is 0 Å². The van der Waals surface area contributed by atoms with Crippen LogP contribution in [0.25, 0.3) is 21.7 Å². The molecule has 0 saturated heterocycles. The van der Waals surface area contributed by atoms with Gasteiger partial charge >= 0.3 is 0 Å². The fraction of sp³-hybridized carbons (Fsp3) is 0.435. The van der Waals surface area contributed by atoms with Crippen molar-refractivity contribution in [3.8, 4) is 17.2 Å². The van der Waals surface area contributed by atoms with Gasteiger partial charge in [0.2, 0.25) is 0 Å². The van der Waals surface area contributed by atoms with Gasteiger partial charge in [-0.3, -0.25) is 4.98 Å². The summed E-state index contributed by atoms with van der Waals surface area (Å²) in [6.07, 6.45) is 5.14. The Kier molecular flexibility index (Phi) is 4.79. The van der Waals surface area contributed by atoms with E-state index in [0.29, 0.717) is 17.4 Å². The highest BCUT2D eigenvalue weighted by atomic mass is 35.5. The Labute approximate surface area is 176 Å². The minimum Gasteiger partial charge on any atom is -0.506 e. The second-order valence-electron chi connectivity index (χ2n) is 8.44. The zero-order chi connectivity index (χ0) is 19.6. The first-order chi connectivity index (χ1) is 13.5. The number of aromatic nitrogens is 1. The summed E-state index contributed by atoms with van der Waals surface area (Å²) in [5.41, 5.74) is 2.71. The van der Waals surface area contributed by atoms with E-state index in [2.05, 4.69) is 11.9 Å². The number of benzene rings is 2. The summed E-state index contributed by atoms with van der Waals surface area (Å²) in [6, 6.07) is 5.68. The first kappa shape index (κ1) is 20.0. The number of aliphatic hydroxyl groups excluding tert-OH is 1. The highest BCUT2D eigenvalue weighted by Gasteiger charge is 2.49. The Hall–Kier alpha value is -2.24. The van der Waals surface area contributed by atoms with Gasteiger partial charge in [-0.05, 0) is 59.7 Å². The number of hydrogen-bond acceptors (Lipinski definition) is 5. The lowest BCUT2D eigenvalue weighted by atomic mass is 9.64. The van der Waals surface area contributed by atoms with Crippen LogP contribution in [0.3, 0.4) is 0 Å². The zero-order valence-corrected chi connectivity index (χ0v) is 17.7. The average molecular weight is 416 g/mol. The predicted molar refractivity (Wildman–Crippen MR) is 115 cm³/mol. The molecule has 0 radical (unpaired) electrons. The fourth-order valence-corrected chi connectivity index (χ4v) is 5.56. The van der Waals surface area contributed by atoms with Crippen molar-refractivity contribution in [2.45, 2.75) is 38.7 Å². The van der Waals surface area contributed by atoms with Gasteiger partial charge in [-0.2, -0.15) is 0 Å². The van der Waals surface area contributed by atoms with Gasteiger partial charge in [-0.15, -0.1) is 12.4 Å². The highest BCUT2D eigenvalue weighted by molar-refractivity contribution is 6.11. The molecule has 2 aromatic carbocycles. The molecule has 1 aromatic heterocycles. The molecule has 2 aliphatic rings. The molecule has 5 rings (SSSR count). The van der Waals surface area contributed by atoms with Crippen LogP contribution in [0.5, 0.6) is 17.2 Å². The summed E-state index contributed by atoms with van der Waals surface area (Å²) < 4.78 is 11.1. The number of aliphatic hydroxyl groups is 1. The van der Waals surface area contributed by atoms with Crippen LogP contribution in [-0.2, 0) is 6.42 Å². The largest absolute Gasteiger partial charge is 0.506 e. The van der Waals surface area contributed by atoms with Crippen molar-refractivity contribution in [2.24, 2.45) is 11.3 Å². The van der Waals surface area contributed by atoms with Crippen LogP contribution in [-0.4, -0.2) is 29.4 Å². The van der Waals surface area contributed by atoms with Gasteiger partial charge in [-0.25, -0.2) is 0 Å². The third kappa shape index (κ3) is 2.67. The summed E-state index contributed by atoms with van der Waals surface area (Å²) in [6.45, 7) is 2.21. The second kappa shape index (κ2) is 6.92. The maximum Gasteiger partial charge on any atom is 0.161 e. The van der Waals surface area contributed by atoms with E-state index in [1.807, 2.05) is 12.1 Å². The Morgan fingerprint density at radius 3 is 2.45 bits per heavy atom. The quantitative estimate of drug-likeness (QED) is 0.581. The zero-order valence-electron chi connectivity index (χ0n) is 16.9. The van der Waals surface area contributed by atoms with Crippen LogP contribution < -0.4 is 9.47 Å². The van der Waals surface area contributed by atoms with E-state index in [1.165, 1.54) is 6.20 Å². The van der Waals surface area contributed by atoms with Crippen molar-refractivity contribution in [3.63, 3.8) is 0 Å². The van der Waals surface area contributed by atoms with E-state index in [1.54, 1.807) is 20.3 Å². The summed E-state index contributed by atoms with van der Waals surface area (Å²) in [5.74, 6) is 1.88. The summed E-state index contributed by atoms with van der Waals surface area (Å²) in [5, 5.41) is 24.4. The molecule has 3 aromatic rings. The predicted octanol–water partition coefficient (Wildman–Crippen LogP) is 4.93. The molecule has 3 atom stereocenters. The van der Waals surface area contributed by atoms with E-state index in [4.69, 9.17) is 9.47 Å². The number of aromatic hydroxyl groups is 1. The van der Waals surface area contributed by atoms with Crippen LogP contribution in [0, 0.1) is 11.3 Å². The van der Waals surface area contributed by atoms with Crippen molar-refractivity contribution in [1.82, 2.24) is 4.98 Å². The van der Waals surface area contributed by atoms with E-state index < -0.39 is 6.10 Å². The van der Waals surface area contributed by atoms with Crippen molar-refractivity contribution in [1.29, 1.82) is 0 Å². The Morgan fingerprint density at radius 1 is 1.07 bits per heavy atom. The highest BCUT2D eigenvalue weighted by Crippen LogP contribution is 2.58. The van der Waals surface area contributed by atoms with Gasteiger partial charge in [-0.1, -0.05) is 13.3 Å². The average Bonchev–Trinajstić information content (AvgIpc) is 3.09.